The minimum absolute atomic E-state index is 0.0265. The highest BCUT2D eigenvalue weighted by atomic mass is 32.1. The molecule has 0 spiro atoms. The quantitative estimate of drug-likeness (QED) is 0.229. The van der Waals surface area contributed by atoms with Crippen LogP contribution in [0, 0.1) is 11.3 Å². The van der Waals surface area contributed by atoms with Crippen molar-refractivity contribution >= 4 is 50.6 Å². The Morgan fingerprint density at radius 2 is 2.05 bits per heavy atom. The zero-order chi connectivity index (χ0) is 26.3. The molecule has 0 saturated carbocycles. The lowest BCUT2D eigenvalue weighted by atomic mass is 10.2. The molecule has 1 unspecified atom stereocenters. The number of para-hydroxylation sites is 1. The predicted molar refractivity (Wildman–Crippen MR) is 148 cm³/mol. The lowest BCUT2D eigenvalue weighted by Gasteiger charge is -2.25. The summed E-state index contributed by atoms with van der Waals surface area (Å²) >= 11 is 2.76. The highest BCUT2D eigenvalue weighted by Gasteiger charge is 2.25. The molecule has 0 radical (unpaired) electrons. The summed E-state index contributed by atoms with van der Waals surface area (Å²) in [7, 11) is 0. The molecule has 1 aliphatic heterocycles. The van der Waals surface area contributed by atoms with Gasteiger partial charge >= 0.3 is 0 Å². The number of aromatic nitrogens is 1. The van der Waals surface area contributed by atoms with Crippen molar-refractivity contribution in [3.05, 3.63) is 58.1 Å². The highest BCUT2D eigenvalue weighted by molar-refractivity contribution is 7.14. The molecule has 0 aliphatic carbocycles. The first-order valence-corrected chi connectivity index (χ1v) is 14.4. The summed E-state index contributed by atoms with van der Waals surface area (Å²) in [4.78, 5) is 35.2. The van der Waals surface area contributed by atoms with Gasteiger partial charge in [-0.15, -0.1) is 22.7 Å². The van der Waals surface area contributed by atoms with Gasteiger partial charge in [0.15, 0.2) is 10.9 Å². The summed E-state index contributed by atoms with van der Waals surface area (Å²) in [6.07, 6.45) is 2.98. The van der Waals surface area contributed by atoms with Gasteiger partial charge in [-0.25, -0.2) is 4.98 Å². The lowest BCUT2D eigenvalue weighted by molar-refractivity contribution is -0.132. The SMILES string of the molecule is N#CCCN(CC1CCCO1)C(=O)CCCN(C(=O)c1cccs1)c1nc(-c2cc3ccccc3o2)cs1. The fraction of sp³-hybridized carbons (Fsp3) is 0.357. The van der Waals surface area contributed by atoms with Crippen LogP contribution in [0.3, 0.4) is 0 Å². The Labute approximate surface area is 229 Å². The Bertz CT molecular complexity index is 1380. The van der Waals surface area contributed by atoms with Crippen LogP contribution >= 0.6 is 22.7 Å². The Kier molecular flexibility index (Phi) is 8.48. The number of fused-ring (bicyclic) bond motifs is 1. The maximum atomic E-state index is 13.4. The molecule has 0 N–H and O–H groups in total. The van der Waals surface area contributed by atoms with Gasteiger partial charge in [-0.3, -0.25) is 14.5 Å². The van der Waals surface area contributed by atoms with Gasteiger partial charge in [0.1, 0.15) is 11.3 Å². The lowest BCUT2D eigenvalue weighted by Crippen LogP contribution is -2.38. The number of hydrogen-bond donors (Lipinski definition) is 0. The van der Waals surface area contributed by atoms with E-state index >= 15 is 0 Å². The number of amides is 2. The van der Waals surface area contributed by atoms with Crippen molar-refractivity contribution in [2.45, 2.75) is 38.2 Å². The fourth-order valence-corrected chi connectivity index (χ4v) is 6.02. The second-order valence-corrected chi connectivity index (χ2v) is 10.9. The molecule has 2 amide bonds. The van der Waals surface area contributed by atoms with Crippen LogP contribution in [0.25, 0.3) is 22.4 Å². The summed E-state index contributed by atoms with van der Waals surface area (Å²) in [6, 6.07) is 15.5. The first-order valence-electron chi connectivity index (χ1n) is 12.7. The van der Waals surface area contributed by atoms with Crippen molar-refractivity contribution in [1.82, 2.24) is 9.88 Å². The monoisotopic (exact) mass is 548 g/mol. The Morgan fingerprint density at radius 1 is 1.16 bits per heavy atom. The van der Waals surface area contributed by atoms with E-state index in [1.165, 1.54) is 22.7 Å². The Morgan fingerprint density at radius 3 is 2.82 bits per heavy atom. The second-order valence-electron chi connectivity index (χ2n) is 9.08. The number of hydrogen-bond acceptors (Lipinski definition) is 8. The van der Waals surface area contributed by atoms with Crippen LogP contribution in [0.2, 0.25) is 0 Å². The number of rotatable bonds is 11. The molecule has 5 rings (SSSR count). The summed E-state index contributed by atoms with van der Waals surface area (Å²) in [5.74, 6) is 0.481. The summed E-state index contributed by atoms with van der Waals surface area (Å²) in [5, 5.41) is 14.3. The number of ether oxygens (including phenoxy) is 1. The minimum atomic E-state index is -0.140. The molecule has 1 saturated heterocycles. The molecule has 38 heavy (non-hydrogen) atoms. The molecule has 4 heterocycles. The molecule has 1 aliphatic rings. The second kappa shape index (κ2) is 12.3. The van der Waals surface area contributed by atoms with Gasteiger partial charge in [-0.1, -0.05) is 24.3 Å². The van der Waals surface area contributed by atoms with E-state index in [0.717, 1.165) is 23.8 Å². The number of thiophene rings is 1. The predicted octanol–water partition coefficient (Wildman–Crippen LogP) is 5.97. The Hall–Kier alpha value is -3.52. The molecule has 1 aromatic carbocycles. The molecule has 0 bridgehead atoms. The first-order chi connectivity index (χ1) is 18.6. The van der Waals surface area contributed by atoms with Crippen molar-refractivity contribution in [2.24, 2.45) is 0 Å². The van der Waals surface area contributed by atoms with Crippen LogP contribution in [0.4, 0.5) is 5.13 Å². The van der Waals surface area contributed by atoms with Gasteiger partial charge in [-0.2, -0.15) is 5.26 Å². The van der Waals surface area contributed by atoms with Crippen LogP contribution in [-0.4, -0.2) is 54.0 Å². The molecule has 3 aromatic heterocycles. The number of anilines is 1. The average Bonchev–Trinajstić information content (AvgIpc) is 3.75. The average molecular weight is 549 g/mol. The van der Waals surface area contributed by atoms with E-state index in [1.54, 1.807) is 15.9 Å². The van der Waals surface area contributed by atoms with Crippen molar-refractivity contribution in [3.63, 3.8) is 0 Å². The third-order valence-electron chi connectivity index (χ3n) is 6.44. The molecule has 196 valence electrons. The molecule has 10 heteroatoms. The van der Waals surface area contributed by atoms with Crippen LogP contribution < -0.4 is 4.90 Å². The topological polar surface area (TPSA) is 99.7 Å². The number of thiazole rings is 1. The van der Waals surface area contributed by atoms with E-state index in [-0.39, 0.29) is 30.8 Å². The smallest absolute Gasteiger partial charge is 0.270 e. The van der Waals surface area contributed by atoms with Gasteiger partial charge in [0.25, 0.3) is 5.91 Å². The molecule has 1 fully saturated rings. The van der Waals surface area contributed by atoms with Crippen molar-refractivity contribution < 1.29 is 18.7 Å². The number of carbonyl (C=O) groups excluding carboxylic acids is 2. The van der Waals surface area contributed by atoms with Crippen LogP contribution in [0.1, 0.15) is 41.8 Å². The number of nitriles is 1. The number of furan rings is 1. The third kappa shape index (κ3) is 6.13. The molecular weight excluding hydrogens is 520 g/mol. The van der Waals surface area contributed by atoms with E-state index in [9.17, 15) is 9.59 Å². The van der Waals surface area contributed by atoms with E-state index in [0.29, 0.717) is 54.1 Å². The van der Waals surface area contributed by atoms with E-state index < -0.39 is 0 Å². The third-order valence-corrected chi connectivity index (χ3v) is 8.17. The van der Waals surface area contributed by atoms with E-state index in [1.807, 2.05) is 47.2 Å². The maximum Gasteiger partial charge on any atom is 0.270 e. The number of benzene rings is 1. The van der Waals surface area contributed by atoms with Gasteiger partial charge < -0.3 is 14.1 Å². The van der Waals surface area contributed by atoms with Gasteiger partial charge in [-0.05, 0) is 42.8 Å². The molecule has 8 nitrogen and oxygen atoms in total. The number of nitrogens with zero attached hydrogens (tertiary/aromatic N) is 4. The molecular formula is C28H28N4O4S2. The summed E-state index contributed by atoms with van der Waals surface area (Å²) in [5.41, 5.74) is 1.45. The van der Waals surface area contributed by atoms with Gasteiger partial charge in [0.05, 0.1) is 23.5 Å². The van der Waals surface area contributed by atoms with Gasteiger partial charge in [0, 0.05) is 43.4 Å². The molecule has 1 atom stereocenters. The number of carbonyl (C=O) groups is 2. The zero-order valence-corrected chi connectivity index (χ0v) is 22.5. The normalized spacial score (nSPS) is 15.0. The van der Waals surface area contributed by atoms with E-state index in [2.05, 4.69) is 6.07 Å². The van der Waals surface area contributed by atoms with Crippen molar-refractivity contribution in [2.75, 3.05) is 31.1 Å². The van der Waals surface area contributed by atoms with Crippen LogP contribution in [0.5, 0.6) is 0 Å². The highest BCUT2D eigenvalue weighted by Crippen LogP contribution is 2.32. The summed E-state index contributed by atoms with van der Waals surface area (Å²) < 4.78 is 11.7. The van der Waals surface area contributed by atoms with Crippen LogP contribution in [-0.2, 0) is 9.53 Å². The minimum Gasteiger partial charge on any atom is -0.454 e. The van der Waals surface area contributed by atoms with Crippen molar-refractivity contribution in [3.8, 4) is 17.5 Å². The maximum absolute atomic E-state index is 13.4. The largest absolute Gasteiger partial charge is 0.454 e. The van der Waals surface area contributed by atoms with Crippen LogP contribution in [0.15, 0.2) is 57.6 Å². The van der Waals surface area contributed by atoms with Gasteiger partial charge in [0.2, 0.25) is 5.91 Å². The van der Waals surface area contributed by atoms with E-state index in [4.69, 9.17) is 19.4 Å². The standard InChI is InChI=1S/C28H28N4O4S2/c29-12-6-13-31(18-21-8-4-15-35-21)26(33)11-3-14-32(27(34)25-10-5-16-37-25)28-30-22(19-38-28)24-17-20-7-1-2-9-23(20)36-24/h1-2,5,7,9-10,16-17,19,21H,3-4,6,8,11,13-15,18H2. The van der Waals surface area contributed by atoms with Crippen molar-refractivity contribution in [1.29, 1.82) is 5.26 Å². The molecule has 4 aromatic rings. The zero-order valence-electron chi connectivity index (χ0n) is 20.9. The Balaban J connectivity index is 1.29. The summed E-state index contributed by atoms with van der Waals surface area (Å²) in [6.45, 7) is 1.96. The first kappa shape index (κ1) is 26.1. The fourth-order valence-electron chi connectivity index (χ4n) is 4.51.